The van der Waals surface area contributed by atoms with Crippen LogP contribution in [-0.2, 0) is 13.0 Å². The number of ether oxygens (including phenoxy) is 1. The number of hydrogen-bond donors (Lipinski definition) is 1. The molecule has 2 aliphatic rings. The van der Waals surface area contributed by atoms with Gasteiger partial charge in [-0.3, -0.25) is 9.36 Å². The van der Waals surface area contributed by atoms with Crippen molar-refractivity contribution in [2.75, 3.05) is 31.1 Å². The van der Waals surface area contributed by atoms with Crippen LogP contribution >= 0.6 is 0 Å². The second-order valence-electron chi connectivity index (χ2n) is 6.33. The Morgan fingerprint density at radius 1 is 1.28 bits per heavy atom. The fourth-order valence-electron chi connectivity index (χ4n) is 3.33. The summed E-state index contributed by atoms with van der Waals surface area (Å²) >= 11 is 0. The van der Waals surface area contributed by atoms with E-state index in [4.69, 9.17) is 10.00 Å². The number of nitriles is 1. The van der Waals surface area contributed by atoms with Crippen molar-refractivity contribution in [2.45, 2.75) is 19.1 Å². The molecule has 25 heavy (non-hydrogen) atoms. The molecular weight excluding hydrogens is 318 g/mol. The molecule has 1 fully saturated rings. The minimum atomic E-state index is -0.330. The van der Waals surface area contributed by atoms with E-state index < -0.39 is 0 Å². The minimum Gasteiger partial charge on any atom is -0.459 e. The van der Waals surface area contributed by atoms with Crippen LogP contribution < -0.4 is 20.5 Å². The van der Waals surface area contributed by atoms with Gasteiger partial charge < -0.3 is 15.0 Å². The number of piperazine rings is 1. The van der Waals surface area contributed by atoms with E-state index in [1.54, 1.807) is 0 Å². The molecule has 3 heterocycles. The molecule has 0 radical (unpaired) electrons. The highest BCUT2D eigenvalue weighted by atomic mass is 16.5. The lowest BCUT2D eigenvalue weighted by molar-refractivity contribution is 0.225. The first-order chi connectivity index (χ1) is 12.2. The van der Waals surface area contributed by atoms with Gasteiger partial charge in [0, 0.05) is 38.3 Å². The smallest absolute Gasteiger partial charge is 0.299 e. The lowest BCUT2D eigenvalue weighted by Crippen LogP contribution is -2.43. The van der Waals surface area contributed by atoms with Gasteiger partial charge >= 0.3 is 0 Å². The molecule has 1 N–H and O–H groups in total. The lowest BCUT2D eigenvalue weighted by Gasteiger charge is -2.29. The second kappa shape index (κ2) is 6.57. The van der Waals surface area contributed by atoms with E-state index in [2.05, 4.69) is 39.5 Å². The van der Waals surface area contributed by atoms with Crippen LogP contribution in [0, 0.1) is 11.3 Å². The zero-order chi connectivity index (χ0) is 17.2. The molecule has 1 unspecified atom stereocenters. The Kier molecular flexibility index (Phi) is 4.12. The molecular formula is C18H19N5O2. The van der Waals surface area contributed by atoms with E-state index in [1.807, 2.05) is 6.07 Å². The zero-order valence-corrected chi connectivity index (χ0v) is 13.8. The number of fused-ring (bicyclic) bond motifs is 1. The van der Waals surface area contributed by atoms with Crippen LogP contribution in [0.4, 0.5) is 5.69 Å². The van der Waals surface area contributed by atoms with E-state index in [0.29, 0.717) is 19.0 Å². The Labute approximate surface area is 145 Å². The van der Waals surface area contributed by atoms with Crippen molar-refractivity contribution >= 4 is 5.69 Å². The van der Waals surface area contributed by atoms with E-state index >= 15 is 0 Å². The van der Waals surface area contributed by atoms with E-state index in [9.17, 15) is 4.79 Å². The number of nitrogens with zero attached hydrogens (tertiary/aromatic N) is 4. The van der Waals surface area contributed by atoms with Crippen molar-refractivity contribution in [3.63, 3.8) is 0 Å². The average Bonchev–Trinajstić information content (AvgIpc) is 3.07. The maximum atomic E-state index is 12.1. The molecule has 2 aliphatic heterocycles. The maximum Gasteiger partial charge on any atom is 0.299 e. The molecule has 1 saturated heterocycles. The number of benzene rings is 1. The monoisotopic (exact) mass is 337 g/mol. The molecule has 4 rings (SSSR count). The summed E-state index contributed by atoms with van der Waals surface area (Å²) in [6, 6.07) is 10.7. The summed E-state index contributed by atoms with van der Waals surface area (Å²) < 4.78 is 7.20. The fourth-order valence-corrected chi connectivity index (χ4v) is 3.33. The summed E-state index contributed by atoms with van der Waals surface area (Å²) in [7, 11) is 0. The summed E-state index contributed by atoms with van der Waals surface area (Å²) in [5.74, 6) is 0. The molecule has 7 nitrogen and oxygen atoms in total. The number of aromatic nitrogens is 2. The third-order valence-electron chi connectivity index (χ3n) is 4.67. The van der Waals surface area contributed by atoms with Crippen molar-refractivity contribution < 1.29 is 4.74 Å². The van der Waals surface area contributed by atoms with Gasteiger partial charge in [0.25, 0.3) is 11.6 Å². The third-order valence-corrected chi connectivity index (χ3v) is 4.67. The van der Waals surface area contributed by atoms with Crippen LogP contribution in [0.25, 0.3) is 0 Å². The van der Waals surface area contributed by atoms with Gasteiger partial charge in [0.05, 0.1) is 12.7 Å². The molecule has 7 heteroatoms. The average molecular weight is 337 g/mol. The molecule has 1 aromatic carbocycles. The zero-order valence-electron chi connectivity index (χ0n) is 13.8. The van der Waals surface area contributed by atoms with E-state index in [1.165, 1.54) is 16.5 Å². The first-order valence-corrected chi connectivity index (χ1v) is 8.46. The van der Waals surface area contributed by atoms with Gasteiger partial charge in [0.15, 0.2) is 0 Å². The first kappa shape index (κ1) is 15.7. The molecule has 2 aromatic rings. The van der Waals surface area contributed by atoms with Crippen LogP contribution in [-0.4, -0.2) is 41.8 Å². The quantitative estimate of drug-likeness (QED) is 0.880. The highest BCUT2D eigenvalue weighted by Gasteiger charge is 2.26. The summed E-state index contributed by atoms with van der Waals surface area (Å²) in [6.07, 6.45) is 1.84. The topological polar surface area (TPSA) is 83.2 Å². The largest absolute Gasteiger partial charge is 0.459 e. The molecule has 1 aromatic heterocycles. The third kappa shape index (κ3) is 3.08. The van der Waals surface area contributed by atoms with Gasteiger partial charge in [-0.15, -0.1) is 0 Å². The Hall–Kier alpha value is -2.85. The predicted octanol–water partition coefficient (Wildman–Crippen LogP) is 0.528. The second-order valence-corrected chi connectivity index (χ2v) is 6.33. The minimum absolute atomic E-state index is 0.0494. The van der Waals surface area contributed by atoms with Gasteiger partial charge in [0.1, 0.15) is 17.7 Å². The summed E-state index contributed by atoms with van der Waals surface area (Å²) in [6.45, 7) is 4.51. The van der Waals surface area contributed by atoms with E-state index in [0.717, 1.165) is 31.7 Å². The first-order valence-electron chi connectivity index (χ1n) is 8.46. The molecule has 0 aliphatic carbocycles. The maximum absolute atomic E-state index is 12.1. The van der Waals surface area contributed by atoms with Crippen LogP contribution in [0.3, 0.4) is 0 Å². The van der Waals surface area contributed by atoms with Crippen LogP contribution in [0.5, 0.6) is 6.01 Å². The van der Waals surface area contributed by atoms with Crippen molar-refractivity contribution in [3.8, 4) is 12.1 Å². The SMILES string of the molecule is N#Cc1cnc2n(c1=O)CC(Cc1ccc(N3CCNCC3)cc1)O2. The highest BCUT2D eigenvalue weighted by molar-refractivity contribution is 5.48. The molecule has 0 bridgehead atoms. The van der Waals surface area contributed by atoms with Crippen molar-refractivity contribution in [2.24, 2.45) is 0 Å². The Balaban J connectivity index is 1.44. The van der Waals surface area contributed by atoms with Gasteiger partial charge in [-0.25, -0.2) is 4.98 Å². The van der Waals surface area contributed by atoms with Crippen molar-refractivity contribution in [1.29, 1.82) is 5.26 Å². The van der Waals surface area contributed by atoms with Gasteiger partial charge in [-0.05, 0) is 17.7 Å². The molecule has 0 spiro atoms. The van der Waals surface area contributed by atoms with E-state index in [-0.39, 0.29) is 17.2 Å². The molecule has 128 valence electrons. The number of anilines is 1. The van der Waals surface area contributed by atoms with Gasteiger partial charge in [-0.1, -0.05) is 12.1 Å². The Morgan fingerprint density at radius 3 is 2.76 bits per heavy atom. The van der Waals surface area contributed by atoms with Crippen molar-refractivity contribution in [3.05, 3.63) is 51.9 Å². The Bertz CT molecular complexity index is 863. The van der Waals surface area contributed by atoms with Crippen molar-refractivity contribution in [1.82, 2.24) is 14.9 Å². The number of rotatable bonds is 3. The van der Waals surface area contributed by atoms with Gasteiger partial charge in [0.2, 0.25) is 0 Å². The number of hydrogen-bond acceptors (Lipinski definition) is 6. The number of nitrogens with one attached hydrogen (secondary N) is 1. The fraction of sp³-hybridized carbons (Fsp3) is 0.389. The van der Waals surface area contributed by atoms with Crippen LogP contribution in [0.2, 0.25) is 0 Å². The Morgan fingerprint density at radius 2 is 2.04 bits per heavy atom. The standard InChI is InChI=1S/C18H19N5O2/c19-10-14-11-21-18-23(17(14)24)12-16(25-18)9-13-1-3-15(4-2-13)22-7-5-20-6-8-22/h1-4,11,16,20H,5-9,12H2. The van der Waals surface area contributed by atoms with Crippen LogP contribution in [0.15, 0.2) is 35.3 Å². The molecule has 1 atom stereocenters. The lowest BCUT2D eigenvalue weighted by atomic mass is 10.1. The van der Waals surface area contributed by atoms with Crippen LogP contribution in [0.1, 0.15) is 11.1 Å². The van der Waals surface area contributed by atoms with Gasteiger partial charge in [-0.2, -0.15) is 5.26 Å². The summed E-state index contributed by atoms with van der Waals surface area (Å²) in [5, 5.41) is 12.3. The highest BCUT2D eigenvalue weighted by Crippen LogP contribution is 2.21. The molecule has 0 amide bonds. The normalized spacial score (nSPS) is 19.2. The molecule has 0 saturated carbocycles. The summed E-state index contributed by atoms with van der Waals surface area (Å²) in [4.78, 5) is 18.6. The summed E-state index contributed by atoms with van der Waals surface area (Å²) in [5.41, 5.74) is 2.11. The predicted molar refractivity (Wildman–Crippen MR) is 92.9 cm³/mol.